The van der Waals surface area contributed by atoms with Gasteiger partial charge in [0.1, 0.15) is 6.10 Å². The van der Waals surface area contributed by atoms with Crippen LogP contribution in [0.1, 0.15) is 24.5 Å². The average Bonchev–Trinajstić information content (AvgIpc) is 2.76. The van der Waals surface area contributed by atoms with E-state index < -0.39 is 11.5 Å². The summed E-state index contributed by atoms with van der Waals surface area (Å²) in [7, 11) is 1.79. The van der Waals surface area contributed by atoms with E-state index in [0.29, 0.717) is 31.6 Å². The lowest BCUT2D eigenvalue weighted by atomic mass is 9.75. The van der Waals surface area contributed by atoms with Crippen molar-refractivity contribution in [1.82, 2.24) is 9.78 Å². The summed E-state index contributed by atoms with van der Waals surface area (Å²) in [6, 6.07) is 2.26. The fourth-order valence-corrected chi connectivity index (χ4v) is 2.08. The van der Waals surface area contributed by atoms with Gasteiger partial charge < -0.3 is 9.84 Å². The van der Waals surface area contributed by atoms with E-state index in [0.717, 1.165) is 0 Å². The molecule has 0 radical (unpaired) electrons. The number of rotatable bonds is 2. The molecule has 86 valence electrons. The first kappa shape index (κ1) is 11.1. The molecule has 1 unspecified atom stereocenters. The van der Waals surface area contributed by atoms with Crippen LogP contribution in [-0.2, 0) is 11.8 Å². The Morgan fingerprint density at radius 3 is 2.81 bits per heavy atom. The summed E-state index contributed by atoms with van der Waals surface area (Å²) < 4.78 is 6.86. The number of aromatic nitrogens is 2. The molecule has 1 aromatic heterocycles. The SMILES string of the molecule is Cn1cc(C(O)C2(C#N)CCOCC2)cn1. The Hall–Kier alpha value is -1.38. The quantitative estimate of drug-likeness (QED) is 0.800. The molecular weight excluding hydrogens is 206 g/mol. The van der Waals surface area contributed by atoms with Crippen molar-refractivity contribution in [3.8, 4) is 6.07 Å². The summed E-state index contributed by atoms with van der Waals surface area (Å²) in [5, 5.41) is 23.6. The molecule has 0 saturated carbocycles. The van der Waals surface area contributed by atoms with E-state index in [-0.39, 0.29) is 0 Å². The van der Waals surface area contributed by atoms with Crippen molar-refractivity contribution < 1.29 is 9.84 Å². The van der Waals surface area contributed by atoms with Gasteiger partial charge in [-0.2, -0.15) is 10.4 Å². The van der Waals surface area contributed by atoms with E-state index >= 15 is 0 Å². The number of nitriles is 1. The first-order chi connectivity index (χ1) is 7.68. The Labute approximate surface area is 94.3 Å². The van der Waals surface area contributed by atoms with Crippen LogP contribution in [0, 0.1) is 16.7 Å². The lowest BCUT2D eigenvalue weighted by Crippen LogP contribution is -2.34. The highest BCUT2D eigenvalue weighted by molar-refractivity contribution is 5.18. The summed E-state index contributed by atoms with van der Waals surface area (Å²) >= 11 is 0. The van der Waals surface area contributed by atoms with Gasteiger partial charge in [-0.15, -0.1) is 0 Å². The highest BCUT2D eigenvalue weighted by atomic mass is 16.5. The van der Waals surface area contributed by atoms with E-state index in [9.17, 15) is 10.4 Å². The van der Waals surface area contributed by atoms with Crippen molar-refractivity contribution >= 4 is 0 Å². The van der Waals surface area contributed by atoms with Gasteiger partial charge in [-0.1, -0.05) is 0 Å². The van der Waals surface area contributed by atoms with E-state index in [1.807, 2.05) is 0 Å². The summed E-state index contributed by atoms with van der Waals surface area (Å²) in [6.07, 6.45) is 3.72. The predicted molar refractivity (Wildman–Crippen MR) is 56.3 cm³/mol. The molecule has 0 bridgehead atoms. The smallest absolute Gasteiger partial charge is 0.101 e. The van der Waals surface area contributed by atoms with Crippen LogP contribution in [0.15, 0.2) is 12.4 Å². The Bertz CT molecular complexity index is 402. The van der Waals surface area contributed by atoms with Gasteiger partial charge in [0.25, 0.3) is 0 Å². The number of aliphatic hydroxyl groups is 1. The van der Waals surface area contributed by atoms with Gasteiger partial charge in [-0.3, -0.25) is 4.68 Å². The van der Waals surface area contributed by atoms with Crippen LogP contribution in [0.3, 0.4) is 0 Å². The van der Waals surface area contributed by atoms with Gasteiger partial charge in [-0.25, -0.2) is 0 Å². The summed E-state index contributed by atoms with van der Waals surface area (Å²) in [6.45, 7) is 1.07. The topological polar surface area (TPSA) is 71.1 Å². The molecule has 16 heavy (non-hydrogen) atoms. The molecule has 1 aliphatic heterocycles. The van der Waals surface area contributed by atoms with Crippen molar-refractivity contribution in [3.05, 3.63) is 18.0 Å². The third-order valence-corrected chi connectivity index (χ3v) is 3.17. The van der Waals surface area contributed by atoms with Crippen LogP contribution < -0.4 is 0 Å². The second kappa shape index (κ2) is 4.24. The van der Waals surface area contributed by atoms with Gasteiger partial charge in [0.2, 0.25) is 0 Å². The van der Waals surface area contributed by atoms with E-state index in [1.165, 1.54) is 0 Å². The fourth-order valence-electron chi connectivity index (χ4n) is 2.08. The van der Waals surface area contributed by atoms with Crippen molar-refractivity contribution in [3.63, 3.8) is 0 Å². The molecule has 1 saturated heterocycles. The van der Waals surface area contributed by atoms with Gasteiger partial charge in [0.15, 0.2) is 0 Å². The molecule has 1 N–H and O–H groups in total. The molecule has 1 aromatic rings. The second-order valence-electron chi connectivity index (χ2n) is 4.23. The molecule has 5 nitrogen and oxygen atoms in total. The predicted octanol–water partition coefficient (Wildman–Crippen LogP) is 0.774. The van der Waals surface area contributed by atoms with Crippen molar-refractivity contribution in [2.75, 3.05) is 13.2 Å². The fraction of sp³-hybridized carbons (Fsp3) is 0.636. The minimum Gasteiger partial charge on any atom is -0.387 e. The first-order valence-corrected chi connectivity index (χ1v) is 5.33. The Morgan fingerprint density at radius 2 is 2.31 bits per heavy atom. The molecule has 1 atom stereocenters. The molecule has 2 heterocycles. The highest BCUT2D eigenvalue weighted by Crippen LogP contribution is 2.41. The molecule has 0 spiro atoms. The molecule has 0 amide bonds. The molecule has 5 heteroatoms. The molecule has 1 aliphatic rings. The minimum atomic E-state index is -0.782. The monoisotopic (exact) mass is 221 g/mol. The van der Waals surface area contributed by atoms with E-state index in [1.54, 1.807) is 24.1 Å². The largest absolute Gasteiger partial charge is 0.387 e. The Kier molecular flexibility index (Phi) is 2.95. The van der Waals surface area contributed by atoms with Crippen molar-refractivity contribution in [1.29, 1.82) is 5.26 Å². The third kappa shape index (κ3) is 1.82. The lowest BCUT2D eigenvalue weighted by molar-refractivity contribution is -0.0310. The van der Waals surface area contributed by atoms with Crippen LogP contribution in [0.4, 0.5) is 0 Å². The summed E-state index contributed by atoms with van der Waals surface area (Å²) in [5.41, 5.74) is -0.0210. The molecular formula is C11H15N3O2. The van der Waals surface area contributed by atoms with Crippen LogP contribution in [0.2, 0.25) is 0 Å². The Balaban J connectivity index is 2.24. The molecule has 0 aliphatic carbocycles. The highest BCUT2D eigenvalue weighted by Gasteiger charge is 2.41. The maximum absolute atomic E-state index is 10.3. The second-order valence-corrected chi connectivity index (χ2v) is 4.23. The number of nitrogens with zero attached hydrogens (tertiary/aromatic N) is 3. The Morgan fingerprint density at radius 1 is 1.62 bits per heavy atom. The van der Waals surface area contributed by atoms with Crippen LogP contribution in [-0.4, -0.2) is 28.1 Å². The van der Waals surface area contributed by atoms with Crippen molar-refractivity contribution in [2.24, 2.45) is 12.5 Å². The standard InChI is InChI=1S/C11H15N3O2/c1-14-7-9(6-13-14)10(15)11(8-12)2-4-16-5-3-11/h6-7,10,15H,2-5H2,1H3. The van der Waals surface area contributed by atoms with Gasteiger partial charge >= 0.3 is 0 Å². The third-order valence-electron chi connectivity index (χ3n) is 3.17. The minimum absolute atomic E-state index is 0.533. The first-order valence-electron chi connectivity index (χ1n) is 5.33. The molecule has 2 rings (SSSR count). The number of aliphatic hydroxyl groups excluding tert-OH is 1. The van der Waals surface area contributed by atoms with E-state index in [2.05, 4.69) is 11.2 Å². The van der Waals surface area contributed by atoms with Crippen LogP contribution in [0.5, 0.6) is 0 Å². The van der Waals surface area contributed by atoms with Gasteiger partial charge in [0, 0.05) is 32.0 Å². The number of aryl methyl sites for hydroxylation is 1. The van der Waals surface area contributed by atoms with Gasteiger partial charge in [0.05, 0.1) is 17.7 Å². The summed E-state index contributed by atoms with van der Waals surface area (Å²) in [4.78, 5) is 0. The maximum atomic E-state index is 10.3. The molecule has 0 aromatic carbocycles. The zero-order valence-corrected chi connectivity index (χ0v) is 9.26. The van der Waals surface area contributed by atoms with Crippen molar-refractivity contribution in [2.45, 2.75) is 18.9 Å². The number of hydrogen-bond acceptors (Lipinski definition) is 4. The number of ether oxygens (including phenoxy) is 1. The van der Waals surface area contributed by atoms with Crippen LogP contribution in [0.25, 0.3) is 0 Å². The zero-order chi connectivity index (χ0) is 11.6. The van der Waals surface area contributed by atoms with E-state index in [4.69, 9.17) is 4.74 Å². The molecule has 1 fully saturated rings. The number of hydrogen-bond donors (Lipinski definition) is 1. The normalized spacial score (nSPS) is 21.3. The summed E-state index contributed by atoms with van der Waals surface area (Å²) in [5.74, 6) is 0. The lowest BCUT2D eigenvalue weighted by Gasteiger charge is -2.34. The van der Waals surface area contributed by atoms with Crippen LogP contribution >= 0.6 is 0 Å². The average molecular weight is 221 g/mol. The van der Waals surface area contributed by atoms with Gasteiger partial charge in [-0.05, 0) is 12.8 Å². The maximum Gasteiger partial charge on any atom is 0.101 e. The zero-order valence-electron chi connectivity index (χ0n) is 9.26.